The number of carbonyl (C=O) groups is 2. The van der Waals surface area contributed by atoms with Crippen LogP contribution in [0.15, 0.2) is 29.3 Å². The Morgan fingerprint density at radius 1 is 1.41 bits per heavy atom. The van der Waals surface area contributed by atoms with Crippen LogP contribution < -0.4 is 10.9 Å². The number of nitro benzene ring substituents is 1. The SMILES string of the molecule is Cc1c(C(=O)OCC(=O)Nc2ccc(F)c([N+](=O)[O-])c2)sc2ncn(C)c(=O)c12. The van der Waals surface area contributed by atoms with Crippen LogP contribution in [0.4, 0.5) is 15.8 Å². The summed E-state index contributed by atoms with van der Waals surface area (Å²) >= 11 is 0.970. The number of nitro groups is 1. The van der Waals surface area contributed by atoms with E-state index in [0.29, 0.717) is 15.8 Å². The number of aromatic nitrogens is 2. The summed E-state index contributed by atoms with van der Waals surface area (Å²) in [7, 11) is 1.54. The van der Waals surface area contributed by atoms with Gasteiger partial charge in [0.05, 0.1) is 16.6 Å². The van der Waals surface area contributed by atoms with Gasteiger partial charge in [-0.2, -0.15) is 4.39 Å². The molecule has 0 aliphatic carbocycles. The third-order valence-electron chi connectivity index (χ3n) is 3.96. The Bertz CT molecular complexity index is 1220. The van der Waals surface area contributed by atoms with Crippen LogP contribution in [0.3, 0.4) is 0 Å². The highest BCUT2D eigenvalue weighted by molar-refractivity contribution is 7.20. The summed E-state index contributed by atoms with van der Waals surface area (Å²) in [6.07, 6.45) is 1.34. The van der Waals surface area contributed by atoms with Crippen molar-refractivity contribution < 1.29 is 23.6 Å². The molecule has 150 valence electrons. The second-order valence-electron chi connectivity index (χ2n) is 5.94. The molecule has 0 atom stereocenters. The van der Waals surface area contributed by atoms with Crippen LogP contribution in [0.1, 0.15) is 15.2 Å². The molecule has 3 aromatic rings. The minimum atomic E-state index is -1.04. The van der Waals surface area contributed by atoms with Gasteiger partial charge in [0, 0.05) is 18.8 Å². The summed E-state index contributed by atoms with van der Waals surface area (Å²) < 4.78 is 19.6. The fourth-order valence-electron chi connectivity index (χ4n) is 2.53. The Kier molecular flexibility index (Phi) is 5.37. The minimum absolute atomic E-state index is 0.0233. The number of ether oxygens (including phenoxy) is 1. The maximum absolute atomic E-state index is 13.3. The van der Waals surface area contributed by atoms with Gasteiger partial charge in [-0.15, -0.1) is 11.3 Å². The van der Waals surface area contributed by atoms with Gasteiger partial charge >= 0.3 is 11.7 Å². The first-order chi connectivity index (χ1) is 13.7. The topological polar surface area (TPSA) is 133 Å². The Labute approximate surface area is 165 Å². The van der Waals surface area contributed by atoms with Gasteiger partial charge in [-0.3, -0.25) is 19.7 Å². The molecule has 0 aliphatic heterocycles. The van der Waals surface area contributed by atoms with Crippen LogP contribution >= 0.6 is 11.3 Å². The van der Waals surface area contributed by atoms with E-state index < -0.39 is 34.9 Å². The highest BCUT2D eigenvalue weighted by Gasteiger charge is 2.21. The molecule has 3 rings (SSSR count). The Morgan fingerprint density at radius 3 is 2.83 bits per heavy atom. The number of anilines is 1. The van der Waals surface area contributed by atoms with Gasteiger partial charge in [-0.25, -0.2) is 9.78 Å². The zero-order chi connectivity index (χ0) is 21.3. The number of halogens is 1. The molecule has 2 aromatic heterocycles. The molecule has 1 N–H and O–H groups in total. The lowest BCUT2D eigenvalue weighted by atomic mass is 10.2. The van der Waals surface area contributed by atoms with Crippen LogP contribution in [-0.2, 0) is 16.6 Å². The van der Waals surface area contributed by atoms with Gasteiger partial charge in [0.15, 0.2) is 6.61 Å². The van der Waals surface area contributed by atoms with Crippen molar-refractivity contribution in [1.82, 2.24) is 9.55 Å². The first-order valence-electron chi connectivity index (χ1n) is 8.04. The van der Waals surface area contributed by atoms with E-state index >= 15 is 0 Å². The van der Waals surface area contributed by atoms with Crippen molar-refractivity contribution in [3.8, 4) is 0 Å². The summed E-state index contributed by atoms with van der Waals surface area (Å²) in [5.41, 5.74) is -0.726. The average Bonchev–Trinajstić information content (AvgIpc) is 3.01. The standard InChI is InChI=1S/C17H13FN4O6S/c1-8-13-15(19-7-21(2)16(13)24)29-14(8)17(25)28-6-12(23)20-9-3-4-10(18)11(5-9)22(26)27/h3-5,7H,6H2,1-2H3,(H,20,23). The van der Waals surface area contributed by atoms with Gasteiger partial charge in [-0.05, 0) is 24.6 Å². The van der Waals surface area contributed by atoms with Crippen molar-refractivity contribution in [3.05, 3.63) is 61.3 Å². The smallest absolute Gasteiger partial charge is 0.349 e. The van der Waals surface area contributed by atoms with Crippen molar-refractivity contribution in [2.24, 2.45) is 7.05 Å². The maximum Gasteiger partial charge on any atom is 0.349 e. The van der Waals surface area contributed by atoms with Crippen LogP contribution in [0.5, 0.6) is 0 Å². The van der Waals surface area contributed by atoms with E-state index in [-0.39, 0.29) is 16.1 Å². The molecule has 12 heteroatoms. The molecule has 1 amide bonds. The summed E-state index contributed by atoms with van der Waals surface area (Å²) in [5.74, 6) is -2.63. The number of nitrogens with one attached hydrogen (secondary N) is 1. The fourth-order valence-corrected chi connectivity index (χ4v) is 3.56. The molecular weight excluding hydrogens is 407 g/mol. The van der Waals surface area contributed by atoms with Crippen LogP contribution in [-0.4, -0.2) is 33.0 Å². The average molecular weight is 420 g/mol. The summed E-state index contributed by atoms with van der Waals surface area (Å²) in [4.78, 5) is 50.9. The quantitative estimate of drug-likeness (QED) is 0.380. The molecule has 29 heavy (non-hydrogen) atoms. The molecule has 0 aliphatic rings. The van der Waals surface area contributed by atoms with Crippen LogP contribution in [0.2, 0.25) is 0 Å². The lowest BCUT2D eigenvalue weighted by Gasteiger charge is -2.06. The monoisotopic (exact) mass is 420 g/mol. The predicted octanol–water partition coefficient (Wildman–Crippen LogP) is 2.15. The molecule has 0 fully saturated rings. The number of esters is 1. The highest BCUT2D eigenvalue weighted by atomic mass is 32.1. The summed E-state index contributed by atoms with van der Waals surface area (Å²) in [5, 5.41) is 13.3. The molecule has 0 radical (unpaired) electrons. The van der Waals surface area contributed by atoms with Crippen LogP contribution in [0, 0.1) is 22.9 Å². The molecule has 1 aromatic carbocycles. The first-order valence-corrected chi connectivity index (χ1v) is 8.86. The van der Waals surface area contributed by atoms with E-state index in [2.05, 4.69) is 10.3 Å². The number of benzene rings is 1. The molecule has 0 bridgehead atoms. The van der Waals surface area contributed by atoms with Crippen molar-refractivity contribution in [2.75, 3.05) is 11.9 Å². The van der Waals surface area contributed by atoms with E-state index in [1.54, 1.807) is 6.92 Å². The molecule has 0 unspecified atom stereocenters. The number of hydrogen-bond donors (Lipinski definition) is 1. The maximum atomic E-state index is 13.3. The van der Waals surface area contributed by atoms with E-state index in [0.717, 1.165) is 29.5 Å². The Morgan fingerprint density at radius 2 is 2.14 bits per heavy atom. The number of fused-ring (bicyclic) bond motifs is 1. The number of amides is 1. The fraction of sp³-hybridized carbons (Fsp3) is 0.176. The number of aryl methyl sites for hydroxylation is 2. The lowest BCUT2D eigenvalue weighted by Crippen LogP contribution is -2.21. The van der Waals surface area contributed by atoms with Crippen molar-refractivity contribution in [1.29, 1.82) is 0 Å². The zero-order valence-corrected chi connectivity index (χ0v) is 15.9. The zero-order valence-electron chi connectivity index (χ0n) is 15.1. The van der Waals surface area contributed by atoms with Gasteiger partial charge in [0.25, 0.3) is 11.5 Å². The lowest BCUT2D eigenvalue weighted by molar-refractivity contribution is -0.387. The number of rotatable bonds is 5. The molecule has 0 saturated carbocycles. The van der Waals surface area contributed by atoms with E-state index in [4.69, 9.17) is 4.74 Å². The van der Waals surface area contributed by atoms with Gasteiger partial charge in [0.2, 0.25) is 5.82 Å². The number of hydrogen-bond acceptors (Lipinski definition) is 8. The second kappa shape index (κ2) is 7.75. The molecule has 0 saturated heterocycles. The van der Waals surface area contributed by atoms with Crippen LogP contribution in [0.25, 0.3) is 10.2 Å². The van der Waals surface area contributed by atoms with Gasteiger partial charge < -0.3 is 14.6 Å². The van der Waals surface area contributed by atoms with Crippen molar-refractivity contribution >= 4 is 44.8 Å². The minimum Gasteiger partial charge on any atom is -0.451 e. The summed E-state index contributed by atoms with van der Waals surface area (Å²) in [6, 6.07) is 2.83. The van der Waals surface area contributed by atoms with E-state index in [1.165, 1.54) is 17.9 Å². The molecule has 10 nitrogen and oxygen atoms in total. The third-order valence-corrected chi connectivity index (χ3v) is 5.14. The van der Waals surface area contributed by atoms with Gasteiger partial charge in [0.1, 0.15) is 9.71 Å². The van der Waals surface area contributed by atoms with Crippen molar-refractivity contribution in [3.63, 3.8) is 0 Å². The second-order valence-corrected chi connectivity index (χ2v) is 6.94. The predicted molar refractivity (Wildman–Crippen MR) is 102 cm³/mol. The molecular formula is C17H13FN4O6S. The first kappa shape index (κ1) is 20.1. The van der Waals surface area contributed by atoms with Crippen molar-refractivity contribution in [2.45, 2.75) is 6.92 Å². The normalized spacial score (nSPS) is 10.7. The molecule has 2 heterocycles. The Hall–Kier alpha value is -3.67. The van der Waals surface area contributed by atoms with E-state index in [1.807, 2.05) is 0 Å². The number of thiophene rings is 1. The molecule has 0 spiro atoms. The number of carbonyl (C=O) groups excluding carboxylic acids is 2. The van der Waals surface area contributed by atoms with Gasteiger partial charge in [-0.1, -0.05) is 0 Å². The van der Waals surface area contributed by atoms with E-state index in [9.17, 15) is 28.9 Å². The number of nitrogens with zero attached hydrogens (tertiary/aromatic N) is 3. The third kappa shape index (κ3) is 3.96. The Balaban J connectivity index is 1.70. The largest absolute Gasteiger partial charge is 0.451 e. The highest BCUT2D eigenvalue weighted by Crippen LogP contribution is 2.27. The summed E-state index contributed by atoms with van der Waals surface area (Å²) in [6.45, 7) is 0.902.